The first-order valence-corrected chi connectivity index (χ1v) is 18.1. The van der Waals surface area contributed by atoms with Crippen molar-refractivity contribution in [2.24, 2.45) is 4.99 Å². The van der Waals surface area contributed by atoms with E-state index in [-0.39, 0.29) is 11.9 Å². The van der Waals surface area contributed by atoms with Gasteiger partial charge in [0, 0.05) is 63.4 Å². The molecule has 0 radical (unpaired) electrons. The highest BCUT2D eigenvalue weighted by molar-refractivity contribution is 6.30. The molecule has 6 nitrogen and oxygen atoms in total. The topological polar surface area (TPSA) is 85.1 Å². The number of benzene rings is 4. The zero-order valence-electron chi connectivity index (χ0n) is 29.7. The average molecular weight is 700 g/mol. The molecule has 5 heterocycles. The fourth-order valence-corrected chi connectivity index (χ4v) is 7.57. The summed E-state index contributed by atoms with van der Waals surface area (Å²) < 4.78 is 0. The Morgan fingerprint density at radius 3 is 1.85 bits per heavy atom. The minimum absolute atomic E-state index is 0.177. The molecule has 6 heteroatoms. The predicted molar refractivity (Wildman–Crippen MR) is 219 cm³/mol. The molecule has 2 aromatic heterocycles. The summed E-state index contributed by atoms with van der Waals surface area (Å²) in [5.74, 6) is -0.177. The second-order valence-electron chi connectivity index (χ2n) is 13.4. The number of fused-ring (bicyclic) bond motifs is 7. The van der Waals surface area contributed by atoms with Gasteiger partial charge in [0.2, 0.25) is 5.91 Å². The van der Waals surface area contributed by atoms with E-state index < -0.39 is 0 Å². The minimum Gasteiger partial charge on any atom is -0.374 e. The van der Waals surface area contributed by atoms with Gasteiger partial charge >= 0.3 is 0 Å². The van der Waals surface area contributed by atoms with Crippen LogP contribution in [-0.2, 0) is 4.79 Å². The largest absolute Gasteiger partial charge is 0.374 e. The van der Waals surface area contributed by atoms with Crippen LogP contribution in [0.2, 0.25) is 0 Å². The van der Waals surface area contributed by atoms with E-state index in [4.69, 9.17) is 4.99 Å². The van der Waals surface area contributed by atoms with Crippen LogP contribution >= 0.6 is 0 Å². The van der Waals surface area contributed by atoms with Gasteiger partial charge in [0.05, 0.1) is 22.8 Å². The Morgan fingerprint density at radius 1 is 0.648 bits per heavy atom. The molecule has 1 amide bonds. The first-order chi connectivity index (χ1) is 26.6. The van der Waals surface area contributed by atoms with Crippen molar-refractivity contribution in [1.82, 2.24) is 20.6 Å². The maximum absolute atomic E-state index is 12.6. The van der Waals surface area contributed by atoms with Crippen molar-refractivity contribution in [1.29, 1.82) is 0 Å². The monoisotopic (exact) mass is 699 g/mol. The van der Waals surface area contributed by atoms with Crippen molar-refractivity contribution in [3.05, 3.63) is 231 Å². The fourth-order valence-electron chi connectivity index (χ4n) is 7.57. The average Bonchev–Trinajstić information content (AvgIpc) is 4.06. The van der Waals surface area contributed by atoms with Gasteiger partial charge < -0.3 is 20.6 Å². The minimum atomic E-state index is -0.197. The molecule has 260 valence electrons. The van der Waals surface area contributed by atoms with Crippen LogP contribution in [0.3, 0.4) is 0 Å². The van der Waals surface area contributed by atoms with E-state index >= 15 is 0 Å². The van der Waals surface area contributed by atoms with Crippen LogP contribution in [0.25, 0.3) is 28.4 Å². The van der Waals surface area contributed by atoms with Gasteiger partial charge in [-0.1, -0.05) is 127 Å². The molecule has 0 aliphatic carbocycles. The number of carbonyl (C=O) groups is 1. The van der Waals surface area contributed by atoms with Gasteiger partial charge in [0.1, 0.15) is 0 Å². The Bertz CT molecular complexity index is 2710. The van der Waals surface area contributed by atoms with E-state index in [1.54, 1.807) is 13.1 Å². The van der Waals surface area contributed by atoms with E-state index in [2.05, 4.69) is 160 Å². The third-order valence-electron chi connectivity index (χ3n) is 10.0. The van der Waals surface area contributed by atoms with Crippen LogP contribution in [0, 0.1) is 0 Å². The number of hydrogen-bond donors (Lipinski definition) is 4. The molecule has 0 saturated carbocycles. The van der Waals surface area contributed by atoms with Gasteiger partial charge in [-0.05, 0) is 64.8 Å². The number of aromatic amines is 2. The molecule has 54 heavy (non-hydrogen) atoms. The van der Waals surface area contributed by atoms with Crippen molar-refractivity contribution >= 4 is 40.0 Å². The number of H-pyrrole nitrogens is 2. The summed E-state index contributed by atoms with van der Waals surface area (Å²) in [5, 5.41) is 8.45. The molecule has 4 aromatic carbocycles. The first-order valence-electron chi connectivity index (χ1n) is 18.1. The van der Waals surface area contributed by atoms with Gasteiger partial charge in [-0.15, -0.1) is 0 Å². The molecule has 0 spiro atoms. The number of likely N-dealkylation sites (N-methyl/N-ethyl adjacent to an activating group) is 1. The Kier molecular flexibility index (Phi) is 8.54. The lowest BCUT2D eigenvalue weighted by molar-refractivity contribution is -0.115. The van der Waals surface area contributed by atoms with Crippen molar-refractivity contribution < 1.29 is 4.79 Å². The van der Waals surface area contributed by atoms with Gasteiger partial charge in [0.25, 0.3) is 0 Å². The summed E-state index contributed by atoms with van der Waals surface area (Å²) in [7, 11) is 1.64. The van der Waals surface area contributed by atoms with E-state index in [9.17, 15) is 4.79 Å². The lowest BCUT2D eigenvalue weighted by Gasteiger charge is -2.19. The lowest BCUT2D eigenvalue weighted by atomic mass is 9.97. The SMILES string of the molecule is CNC(=O)/C=C/c1c/c2[nH]/c1=C(/c1ccccc1)C1C=C/C(=C(\c3ccccc3)c3ccc([nH]3)/C(c3ccccc3)=C3/C=CC(=N3)\C=2c2ccccc2)N1. The lowest BCUT2D eigenvalue weighted by Crippen LogP contribution is -2.30. The predicted octanol–water partition coefficient (Wildman–Crippen LogP) is 7.27. The molecule has 3 aliphatic heterocycles. The molecular weight excluding hydrogens is 663 g/mol. The summed E-state index contributed by atoms with van der Waals surface area (Å²) in [5.41, 5.74) is 13.9. The van der Waals surface area contributed by atoms with Gasteiger partial charge in [-0.25, -0.2) is 4.99 Å². The Morgan fingerprint density at radius 2 is 1.22 bits per heavy atom. The fraction of sp³-hybridized carbons (Fsp3) is 0.0417. The number of aromatic nitrogens is 2. The highest BCUT2D eigenvalue weighted by atomic mass is 16.1. The molecule has 3 aliphatic rings. The number of nitrogens with one attached hydrogen (secondary N) is 4. The van der Waals surface area contributed by atoms with E-state index in [1.807, 2.05) is 30.3 Å². The quantitative estimate of drug-likeness (QED) is 0.138. The number of aliphatic imine (C=N–C) groups is 1. The first kappa shape index (κ1) is 32.7. The van der Waals surface area contributed by atoms with Gasteiger partial charge in [0.15, 0.2) is 0 Å². The second-order valence-corrected chi connectivity index (χ2v) is 13.4. The number of rotatable bonds is 6. The van der Waals surface area contributed by atoms with Crippen molar-refractivity contribution in [3.63, 3.8) is 0 Å². The number of hydrogen-bond acceptors (Lipinski definition) is 3. The van der Waals surface area contributed by atoms with Crippen molar-refractivity contribution in [2.45, 2.75) is 6.04 Å². The number of allylic oxidation sites excluding steroid dienone is 3. The molecule has 9 rings (SSSR count). The van der Waals surface area contributed by atoms with Crippen LogP contribution in [0.4, 0.5) is 0 Å². The third-order valence-corrected chi connectivity index (χ3v) is 10.0. The van der Waals surface area contributed by atoms with Crippen LogP contribution < -0.4 is 21.3 Å². The maximum atomic E-state index is 12.6. The Labute approximate surface area is 313 Å². The van der Waals surface area contributed by atoms with Crippen molar-refractivity contribution in [3.8, 4) is 0 Å². The molecule has 6 aromatic rings. The molecule has 1 atom stereocenters. The highest BCUT2D eigenvalue weighted by Gasteiger charge is 2.26. The normalized spacial score (nSPS) is 21.0. The summed E-state index contributed by atoms with van der Waals surface area (Å²) >= 11 is 0. The molecule has 0 fully saturated rings. The van der Waals surface area contributed by atoms with Crippen LogP contribution in [0.15, 0.2) is 186 Å². The standard InChI is InChI=1S/C48H37N5O/c1-49-43(54)29-22-35-30-42-46(33-18-10-4-11-19-33)40-26-25-38(51-40)44(31-14-6-2-7-15-31)36-23-24-37(50-36)45(32-16-8-3-9-17-32)39-27-28-41(52-39)47(48(35)53-42)34-20-12-5-13-21-34/h2-30,41,50,52-53H,1H3,(H,49,54)/b29-22+,44-38-,45-39-,46-42-,48-47-. The highest BCUT2D eigenvalue weighted by Crippen LogP contribution is 2.35. The van der Waals surface area contributed by atoms with Gasteiger partial charge in [-0.3, -0.25) is 4.79 Å². The zero-order valence-corrected chi connectivity index (χ0v) is 29.7. The smallest absolute Gasteiger partial charge is 0.243 e. The summed E-state index contributed by atoms with van der Waals surface area (Å²) in [6, 6.07) is 48.0. The van der Waals surface area contributed by atoms with E-state index in [0.29, 0.717) is 0 Å². The summed E-state index contributed by atoms with van der Waals surface area (Å²) in [4.78, 5) is 25.7. The maximum Gasteiger partial charge on any atom is 0.243 e. The van der Waals surface area contributed by atoms with Crippen LogP contribution in [-0.4, -0.2) is 34.7 Å². The number of amides is 1. The summed E-state index contributed by atoms with van der Waals surface area (Å²) in [6.07, 6.45) is 12.1. The van der Waals surface area contributed by atoms with Crippen molar-refractivity contribution in [2.75, 3.05) is 7.05 Å². The number of carbonyl (C=O) groups excluding carboxylic acids is 1. The van der Waals surface area contributed by atoms with Gasteiger partial charge in [-0.2, -0.15) is 0 Å². The zero-order chi connectivity index (χ0) is 36.4. The summed E-state index contributed by atoms with van der Waals surface area (Å²) in [6.45, 7) is 0. The molecule has 1 unspecified atom stereocenters. The number of nitrogens with zero attached hydrogens (tertiary/aromatic N) is 1. The Balaban J connectivity index is 1.43. The Hall–Kier alpha value is -7.18. The van der Waals surface area contributed by atoms with Crippen LogP contribution in [0.1, 0.15) is 39.2 Å². The molecule has 8 bridgehead atoms. The second kappa shape index (κ2) is 14.1. The van der Waals surface area contributed by atoms with Crippen LogP contribution in [0.5, 0.6) is 0 Å². The van der Waals surface area contributed by atoms with E-state index in [0.717, 1.165) is 89.3 Å². The third kappa shape index (κ3) is 6.10. The molecule has 4 N–H and O–H groups in total. The molecular formula is C48H37N5O. The molecule has 0 saturated heterocycles. The van der Waals surface area contributed by atoms with E-state index in [1.165, 1.54) is 0 Å².